The number of imidazole rings is 1. The first-order valence-corrected chi connectivity index (χ1v) is 12.7. The van der Waals surface area contributed by atoms with Gasteiger partial charge in [0.1, 0.15) is 30.2 Å². The van der Waals surface area contributed by atoms with Crippen LogP contribution in [0.25, 0.3) is 11.2 Å². The van der Waals surface area contributed by atoms with E-state index < -0.39 is 54.5 Å². The van der Waals surface area contributed by atoms with Gasteiger partial charge in [-0.25, -0.2) is 28.6 Å². The summed E-state index contributed by atoms with van der Waals surface area (Å²) >= 11 is 0. The summed E-state index contributed by atoms with van der Waals surface area (Å²) in [5.41, 5.74) is 6.02. The van der Waals surface area contributed by atoms with Gasteiger partial charge in [0, 0.05) is 0 Å². The van der Waals surface area contributed by atoms with Crippen molar-refractivity contribution in [3.05, 3.63) is 12.7 Å². The number of aliphatic hydroxyl groups excluding tert-OH is 2. The third-order valence-corrected chi connectivity index (χ3v) is 8.11. The molecule has 1 saturated heterocycles. The number of aliphatic hydroxyl groups is 2. The Morgan fingerprint density at radius 1 is 1.13 bits per heavy atom. The van der Waals surface area contributed by atoms with Crippen LogP contribution >= 0.6 is 23.3 Å². The minimum Gasteiger partial charge on any atom is -0.387 e. The van der Waals surface area contributed by atoms with E-state index in [0.29, 0.717) is 0 Å². The number of nitrogens with one attached hydrogen (secondary N) is 1. The SMILES string of the molecule is Nc1ncnc2c1ncn2[C@@H]1O[C@@H](COP(=O)(O)OP(=O)(O)NP(=O)(O)O)[C@@H](O)[C@H]1O. The number of aromatic nitrogens is 4. The number of rotatable bonds is 8. The average Bonchev–Trinajstić information content (AvgIpc) is 3.13. The van der Waals surface area contributed by atoms with Gasteiger partial charge in [0.05, 0.1) is 12.9 Å². The molecule has 18 nitrogen and oxygen atoms in total. The lowest BCUT2D eigenvalue weighted by atomic mass is 10.1. The number of phosphoric acid groups is 1. The molecule has 2 aromatic heterocycles. The molecule has 9 N–H and O–H groups in total. The van der Waals surface area contributed by atoms with Crippen molar-refractivity contribution in [2.24, 2.45) is 0 Å². The molecule has 1 aliphatic heterocycles. The average molecular weight is 506 g/mol. The van der Waals surface area contributed by atoms with Crippen LogP contribution in [0, 0.1) is 0 Å². The zero-order valence-corrected chi connectivity index (χ0v) is 17.7. The number of hydrogen-bond acceptors (Lipinski definition) is 12. The Morgan fingerprint density at radius 2 is 1.81 bits per heavy atom. The maximum Gasteiger partial charge on any atom is 0.480 e. The van der Waals surface area contributed by atoms with E-state index in [1.807, 2.05) is 0 Å². The van der Waals surface area contributed by atoms with Crippen LogP contribution in [-0.4, -0.2) is 74.2 Å². The van der Waals surface area contributed by atoms with Crippen LogP contribution in [0.4, 0.5) is 5.82 Å². The van der Waals surface area contributed by atoms with Crippen molar-refractivity contribution in [2.45, 2.75) is 24.5 Å². The van der Waals surface area contributed by atoms with Gasteiger partial charge in [-0.2, -0.15) is 4.31 Å². The summed E-state index contributed by atoms with van der Waals surface area (Å²) in [5, 5.41) is 20.4. The summed E-state index contributed by atoms with van der Waals surface area (Å²) in [6.45, 7) is -0.928. The first-order valence-electron chi connectivity index (χ1n) is 8.00. The van der Waals surface area contributed by atoms with Crippen molar-refractivity contribution in [1.82, 2.24) is 24.4 Å². The number of nitrogen functional groups attached to an aromatic ring is 1. The Morgan fingerprint density at radius 3 is 2.45 bits per heavy atom. The van der Waals surface area contributed by atoms with Crippen molar-refractivity contribution in [3.8, 4) is 0 Å². The molecule has 6 atom stereocenters. The standard InChI is InChI=1S/C10H17N6O12P3/c11-8-5-9(13-2-12-8)16(3-14-5)10-7(18)6(17)4(27-10)1-26-31(24,25)28-30(22,23)15-29(19,20)21/h2-4,6-7,10,17-18H,1H2,(H,24,25)(H2,11,12,13)(H4,15,19,20,21,22,23)/t4-,6+,7+,10+/m0/s1. The van der Waals surface area contributed by atoms with E-state index in [0.717, 1.165) is 11.2 Å². The molecule has 21 heteroatoms. The van der Waals surface area contributed by atoms with Crippen molar-refractivity contribution < 1.29 is 57.1 Å². The first-order chi connectivity index (χ1) is 14.2. The quantitative estimate of drug-likeness (QED) is 0.179. The molecule has 3 heterocycles. The molecule has 1 fully saturated rings. The maximum atomic E-state index is 11.8. The number of phosphoric ester groups is 1. The molecular weight excluding hydrogens is 489 g/mol. The Kier molecular flexibility index (Phi) is 6.68. The van der Waals surface area contributed by atoms with Gasteiger partial charge < -0.3 is 40.3 Å². The number of fused-ring (bicyclic) bond motifs is 1. The minimum atomic E-state index is -5.45. The third kappa shape index (κ3) is 5.71. The van der Waals surface area contributed by atoms with Crippen LogP contribution < -0.4 is 10.6 Å². The summed E-state index contributed by atoms with van der Waals surface area (Å²) in [4.78, 5) is 48.5. The number of nitrogens with zero attached hydrogens (tertiary/aromatic N) is 4. The second kappa shape index (κ2) is 8.53. The molecule has 3 rings (SSSR count). The minimum absolute atomic E-state index is 0.0485. The zero-order valence-electron chi connectivity index (χ0n) is 15.0. The molecule has 0 spiro atoms. The van der Waals surface area contributed by atoms with Crippen molar-refractivity contribution >= 4 is 40.3 Å². The molecular formula is C10H17N6O12P3. The number of hydrogen-bond donors (Lipinski definition) is 8. The fourth-order valence-corrected chi connectivity index (χ4v) is 6.10. The highest BCUT2D eigenvalue weighted by molar-refractivity contribution is 7.70. The van der Waals surface area contributed by atoms with Crippen LogP contribution in [0.5, 0.6) is 0 Å². The molecule has 2 unspecified atom stereocenters. The molecule has 1 aliphatic rings. The summed E-state index contributed by atoms with van der Waals surface area (Å²) in [6, 6.07) is 0. The lowest BCUT2D eigenvalue weighted by Gasteiger charge is -2.19. The Balaban J connectivity index is 1.69. The summed E-state index contributed by atoms with van der Waals surface area (Å²) in [5.74, 6) is 0.0485. The van der Waals surface area contributed by atoms with E-state index in [4.69, 9.17) is 20.3 Å². The van der Waals surface area contributed by atoms with Crippen LogP contribution in [-0.2, 0) is 27.3 Å². The molecule has 0 aliphatic carbocycles. The van der Waals surface area contributed by atoms with E-state index in [-0.39, 0.29) is 17.0 Å². The van der Waals surface area contributed by atoms with Crippen molar-refractivity contribution in [2.75, 3.05) is 12.3 Å². The second-order valence-electron chi connectivity index (χ2n) is 6.14. The normalized spacial score (nSPS) is 28.5. The number of ether oxygens (including phenoxy) is 1. The highest BCUT2D eigenvalue weighted by atomic mass is 31.3. The predicted octanol–water partition coefficient (Wildman–Crippen LogP) is -2.06. The van der Waals surface area contributed by atoms with E-state index >= 15 is 0 Å². The van der Waals surface area contributed by atoms with Gasteiger partial charge >= 0.3 is 23.3 Å². The zero-order chi connectivity index (χ0) is 23.2. The fourth-order valence-electron chi connectivity index (χ4n) is 2.67. The third-order valence-electron chi connectivity index (χ3n) is 3.87. The molecule has 0 radical (unpaired) electrons. The van der Waals surface area contributed by atoms with Gasteiger partial charge in [-0.05, 0) is 0 Å². The second-order valence-corrected chi connectivity index (χ2v) is 10.9. The van der Waals surface area contributed by atoms with Gasteiger partial charge in [-0.15, -0.1) is 4.86 Å². The highest BCUT2D eigenvalue weighted by Gasteiger charge is 2.46. The Hall–Kier alpha value is -1.36. The molecule has 2 aromatic rings. The van der Waals surface area contributed by atoms with Gasteiger partial charge in [0.25, 0.3) is 0 Å². The Labute approximate surface area is 172 Å². The largest absolute Gasteiger partial charge is 0.480 e. The molecule has 0 saturated carbocycles. The van der Waals surface area contributed by atoms with Gasteiger partial charge in [-0.3, -0.25) is 9.09 Å². The molecule has 31 heavy (non-hydrogen) atoms. The number of anilines is 1. The van der Waals surface area contributed by atoms with E-state index in [9.17, 15) is 33.7 Å². The van der Waals surface area contributed by atoms with Crippen LogP contribution in [0.1, 0.15) is 6.23 Å². The van der Waals surface area contributed by atoms with Crippen molar-refractivity contribution in [3.63, 3.8) is 0 Å². The predicted molar refractivity (Wildman–Crippen MR) is 97.5 cm³/mol. The number of nitrogens with two attached hydrogens (primary N) is 1. The molecule has 0 amide bonds. The van der Waals surface area contributed by atoms with Crippen LogP contribution in [0.2, 0.25) is 0 Å². The van der Waals surface area contributed by atoms with Crippen LogP contribution in [0.3, 0.4) is 0 Å². The topological polar surface area (TPSA) is 282 Å². The van der Waals surface area contributed by atoms with E-state index in [2.05, 4.69) is 23.8 Å². The highest BCUT2D eigenvalue weighted by Crippen LogP contribution is 2.61. The Bertz CT molecular complexity index is 1110. The van der Waals surface area contributed by atoms with E-state index in [1.54, 1.807) is 0 Å². The fraction of sp³-hybridized carbons (Fsp3) is 0.500. The van der Waals surface area contributed by atoms with Crippen molar-refractivity contribution in [1.29, 1.82) is 0 Å². The molecule has 0 aromatic carbocycles. The summed E-state index contributed by atoms with van der Waals surface area (Å²) < 4.78 is 48.9. The first kappa shape index (κ1) is 24.3. The molecule has 174 valence electrons. The lowest BCUT2D eigenvalue weighted by Crippen LogP contribution is -2.33. The summed E-state index contributed by atoms with van der Waals surface area (Å²) in [7, 11) is -16.1. The monoisotopic (exact) mass is 506 g/mol. The van der Waals surface area contributed by atoms with Gasteiger partial charge in [0.2, 0.25) is 0 Å². The molecule has 0 bridgehead atoms. The van der Waals surface area contributed by atoms with Crippen LogP contribution in [0.15, 0.2) is 12.7 Å². The maximum absolute atomic E-state index is 11.8. The smallest absolute Gasteiger partial charge is 0.387 e. The lowest BCUT2D eigenvalue weighted by molar-refractivity contribution is -0.0502. The summed E-state index contributed by atoms with van der Waals surface area (Å²) in [6.07, 6.45) is -3.62. The van der Waals surface area contributed by atoms with E-state index in [1.165, 1.54) is 10.9 Å². The van der Waals surface area contributed by atoms with Gasteiger partial charge in [-0.1, -0.05) is 0 Å². The van der Waals surface area contributed by atoms with Gasteiger partial charge in [0.15, 0.2) is 17.7 Å².